The zero-order chi connectivity index (χ0) is 13.2. The number of fused-ring (bicyclic) bond motifs is 1. The summed E-state index contributed by atoms with van der Waals surface area (Å²) in [5.74, 6) is 0. The van der Waals surface area contributed by atoms with Crippen LogP contribution >= 0.6 is 34.8 Å². The summed E-state index contributed by atoms with van der Waals surface area (Å²) in [6.45, 7) is 0.533. The van der Waals surface area contributed by atoms with Crippen LogP contribution in [0.25, 0.3) is 0 Å². The van der Waals surface area contributed by atoms with E-state index in [0.717, 1.165) is 27.5 Å². The quantitative estimate of drug-likeness (QED) is 0.602. The summed E-state index contributed by atoms with van der Waals surface area (Å²) < 4.78 is 1.19. The SMILES string of the molecule is S=C1CN=C(c2ccccc2)c2cc(I)ccc2N1. The number of rotatable bonds is 1. The maximum absolute atomic E-state index is 5.28. The van der Waals surface area contributed by atoms with Gasteiger partial charge in [0.05, 0.1) is 12.3 Å². The second kappa shape index (κ2) is 5.38. The molecule has 2 aromatic carbocycles. The Morgan fingerprint density at radius 1 is 1.11 bits per heavy atom. The van der Waals surface area contributed by atoms with Crippen molar-refractivity contribution in [3.05, 3.63) is 63.2 Å². The molecule has 0 saturated carbocycles. The van der Waals surface area contributed by atoms with Crippen LogP contribution in [0.1, 0.15) is 11.1 Å². The summed E-state index contributed by atoms with van der Waals surface area (Å²) in [5.41, 5.74) is 4.27. The number of benzene rings is 2. The third-order valence-electron chi connectivity index (χ3n) is 2.94. The van der Waals surface area contributed by atoms with Gasteiger partial charge in [-0.1, -0.05) is 42.5 Å². The van der Waals surface area contributed by atoms with Gasteiger partial charge in [0.2, 0.25) is 0 Å². The lowest BCUT2D eigenvalue weighted by Crippen LogP contribution is -2.11. The van der Waals surface area contributed by atoms with E-state index in [1.54, 1.807) is 0 Å². The molecular formula is C15H11IN2S. The number of nitrogens with one attached hydrogen (secondary N) is 1. The van der Waals surface area contributed by atoms with E-state index in [1.165, 1.54) is 3.57 Å². The lowest BCUT2D eigenvalue weighted by atomic mass is 10.0. The zero-order valence-electron chi connectivity index (χ0n) is 10.1. The molecule has 0 unspecified atom stereocenters. The molecule has 0 fully saturated rings. The van der Waals surface area contributed by atoms with Gasteiger partial charge in [-0.05, 0) is 40.8 Å². The third-order valence-corrected chi connectivity index (χ3v) is 3.84. The number of aliphatic imine (C=N–C) groups is 1. The first-order valence-corrected chi connectivity index (χ1v) is 7.42. The third kappa shape index (κ3) is 2.69. The van der Waals surface area contributed by atoms with Crippen LogP contribution in [0.2, 0.25) is 0 Å². The summed E-state index contributed by atoms with van der Waals surface area (Å²) in [7, 11) is 0. The van der Waals surface area contributed by atoms with Gasteiger partial charge in [0.15, 0.2) is 0 Å². The van der Waals surface area contributed by atoms with Crippen molar-refractivity contribution in [1.29, 1.82) is 0 Å². The number of halogens is 1. The van der Waals surface area contributed by atoms with Crippen LogP contribution in [0.5, 0.6) is 0 Å². The van der Waals surface area contributed by atoms with Crippen molar-refractivity contribution in [1.82, 2.24) is 0 Å². The molecular weight excluding hydrogens is 367 g/mol. The van der Waals surface area contributed by atoms with Crippen molar-refractivity contribution < 1.29 is 0 Å². The molecule has 19 heavy (non-hydrogen) atoms. The highest BCUT2D eigenvalue weighted by molar-refractivity contribution is 14.1. The Kier molecular flexibility index (Phi) is 3.61. The van der Waals surface area contributed by atoms with Crippen LogP contribution in [0.15, 0.2) is 53.5 Å². The molecule has 0 radical (unpaired) electrons. The van der Waals surface area contributed by atoms with E-state index in [-0.39, 0.29) is 0 Å². The number of benzodiazepines with no additional fused rings is 1. The predicted molar refractivity (Wildman–Crippen MR) is 92.3 cm³/mol. The first-order chi connectivity index (χ1) is 9.24. The molecule has 3 rings (SSSR count). The molecule has 1 heterocycles. The Morgan fingerprint density at radius 2 is 1.89 bits per heavy atom. The van der Waals surface area contributed by atoms with Crippen molar-refractivity contribution in [2.45, 2.75) is 0 Å². The summed E-state index contributed by atoms with van der Waals surface area (Å²) in [5, 5.41) is 3.26. The van der Waals surface area contributed by atoms with Crippen LogP contribution in [0, 0.1) is 3.57 Å². The van der Waals surface area contributed by atoms with Crippen LogP contribution in [-0.4, -0.2) is 17.2 Å². The molecule has 2 aromatic rings. The summed E-state index contributed by atoms with van der Waals surface area (Å²) >= 11 is 7.60. The molecule has 1 aliphatic rings. The Hall–Kier alpha value is -1.27. The fourth-order valence-corrected chi connectivity index (χ4v) is 2.76. The maximum Gasteiger partial charge on any atom is 0.102 e. The van der Waals surface area contributed by atoms with E-state index in [0.29, 0.717) is 6.54 Å². The van der Waals surface area contributed by atoms with Crippen molar-refractivity contribution in [2.75, 3.05) is 11.9 Å². The van der Waals surface area contributed by atoms with Crippen molar-refractivity contribution in [2.24, 2.45) is 4.99 Å². The molecule has 0 bridgehead atoms. The van der Waals surface area contributed by atoms with Gasteiger partial charge in [0, 0.05) is 20.4 Å². The Balaban J connectivity index is 2.20. The first kappa shape index (κ1) is 12.7. The molecule has 94 valence electrons. The van der Waals surface area contributed by atoms with Crippen molar-refractivity contribution >= 4 is 51.2 Å². The van der Waals surface area contributed by atoms with Gasteiger partial charge in [-0.25, -0.2) is 0 Å². The molecule has 0 amide bonds. The molecule has 4 heteroatoms. The Bertz CT molecular complexity index is 665. The van der Waals surface area contributed by atoms with Crippen molar-refractivity contribution in [3.8, 4) is 0 Å². The number of anilines is 1. The highest BCUT2D eigenvalue weighted by atomic mass is 127. The molecule has 0 saturated heterocycles. The molecule has 2 nitrogen and oxygen atoms in total. The smallest absolute Gasteiger partial charge is 0.102 e. The monoisotopic (exact) mass is 378 g/mol. The van der Waals surface area contributed by atoms with E-state index >= 15 is 0 Å². The second-order valence-electron chi connectivity index (χ2n) is 4.27. The molecule has 1 N–H and O–H groups in total. The topological polar surface area (TPSA) is 24.4 Å². The molecule has 1 aliphatic heterocycles. The van der Waals surface area contributed by atoms with E-state index in [9.17, 15) is 0 Å². The lowest BCUT2D eigenvalue weighted by molar-refractivity contribution is 1.31. The van der Waals surface area contributed by atoms with E-state index in [2.05, 4.69) is 63.2 Å². The van der Waals surface area contributed by atoms with Gasteiger partial charge < -0.3 is 5.32 Å². The fraction of sp³-hybridized carbons (Fsp3) is 0.0667. The Labute approximate surface area is 131 Å². The van der Waals surface area contributed by atoms with Gasteiger partial charge >= 0.3 is 0 Å². The van der Waals surface area contributed by atoms with Crippen LogP contribution < -0.4 is 5.32 Å². The number of hydrogen-bond acceptors (Lipinski definition) is 2. The molecule has 0 aromatic heterocycles. The number of nitrogens with zero attached hydrogens (tertiary/aromatic N) is 1. The van der Waals surface area contributed by atoms with Crippen LogP contribution in [-0.2, 0) is 0 Å². The van der Waals surface area contributed by atoms with Gasteiger partial charge in [-0.2, -0.15) is 0 Å². The normalized spacial score (nSPS) is 14.2. The summed E-state index contributed by atoms with van der Waals surface area (Å²) in [4.78, 5) is 5.42. The molecule has 0 aliphatic carbocycles. The number of hydrogen-bond donors (Lipinski definition) is 1. The average Bonchev–Trinajstić information content (AvgIpc) is 2.58. The van der Waals surface area contributed by atoms with E-state index < -0.39 is 0 Å². The highest BCUT2D eigenvalue weighted by Crippen LogP contribution is 2.24. The van der Waals surface area contributed by atoms with Gasteiger partial charge in [-0.3, -0.25) is 4.99 Å². The maximum atomic E-state index is 5.28. The summed E-state index contributed by atoms with van der Waals surface area (Å²) in [6, 6.07) is 16.5. The van der Waals surface area contributed by atoms with Gasteiger partial charge in [0.25, 0.3) is 0 Å². The van der Waals surface area contributed by atoms with Crippen molar-refractivity contribution in [3.63, 3.8) is 0 Å². The van der Waals surface area contributed by atoms with Crippen LogP contribution in [0.4, 0.5) is 5.69 Å². The molecule has 0 atom stereocenters. The lowest BCUT2D eigenvalue weighted by Gasteiger charge is -2.10. The predicted octanol–water partition coefficient (Wildman–Crippen LogP) is 3.88. The van der Waals surface area contributed by atoms with E-state index in [4.69, 9.17) is 12.2 Å². The highest BCUT2D eigenvalue weighted by Gasteiger charge is 2.16. The minimum atomic E-state index is 0.533. The first-order valence-electron chi connectivity index (χ1n) is 5.94. The standard InChI is InChI=1S/C15H11IN2S/c16-11-6-7-13-12(8-11)15(17-9-14(19)18-13)10-4-2-1-3-5-10/h1-8H,9H2,(H,18,19). The minimum Gasteiger partial charge on any atom is -0.348 e. The van der Waals surface area contributed by atoms with Gasteiger partial charge in [-0.15, -0.1) is 0 Å². The fourth-order valence-electron chi connectivity index (χ4n) is 2.09. The zero-order valence-corrected chi connectivity index (χ0v) is 13.0. The molecule has 0 spiro atoms. The van der Waals surface area contributed by atoms with Crippen LogP contribution in [0.3, 0.4) is 0 Å². The van der Waals surface area contributed by atoms with E-state index in [1.807, 2.05) is 18.2 Å². The Morgan fingerprint density at radius 3 is 2.68 bits per heavy atom. The second-order valence-corrected chi connectivity index (χ2v) is 6.01. The minimum absolute atomic E-state index is 0.533. The largest absolute Gasteiger partial charge is 0.348 e. The number of thiocarbonyl (C=S) groups is 1. The summed E-state index contributed by atoms with van der Waals surface area (Å²) in [6.07, 6.45) is 0. The van der Waals surface area contributed by atoms with Gasteiger partial charge in [0.1, 0.15) is 4.99 Å². The average molecular weight is 378 g/mol.